The van der Waals surface area contributed by atoms with Gasteiger partial charge in [-0.1, -0.05) is 30.3 Å². The minimum absolute atomic E-state index is 0.222. The lowest BCUT2D eigenvalue weighted by Gasteiger charge is -2.09. The molecule has 0 radical (unpaired) electrons. The zero-order valence-corrected chi connectivity index (χ0v) is 13.1. The molecule has 1 heterocycles. The van der Waals surface area contributed by atoms with Gasteiger partial charge in [-0.2, -0.15) is 10.5 Å². The van der Waals surface area contributed by atoms with E-state index in [1.54, 1.807) is 13.8 Å². The van der Waals surface area contributed by atoms with Gasteiger partial charge in [-0.05, 0) is 13.8 Å². The lowest BCUT2D eigenvalue weighted by molar-refractivity contribution is 0.0492. The second-order valence-corrected chi connectivity index (χ2v) is 5.04. The van der Waals surface area contributed by atoms with E-state index in [1.165, 1.54) is 0 Å². The van der Waals surface area contributed by atoms with Crippen LogP contribution < -0.4 is 0 Å². The second-order valence-electron chi connectivity index (χ2n) is 5.04. The van der Waals surface area contributed by atoms with E-state index in [-0.39, 0.29) is 13.3 Å². The predicted octanol–water partition coefficient (Wildman–Crippen LogP) is 2.86. The number of aromatic nitrogens is 2. The van der Waals surface area contributed by atoms with E-state index in [4.69, 9.17) is 20.0 Å². The summed E-state index contributed by atoms with van der Waals surface area (Å²) in [5, 5.41) is 17.6. The third-order valence-corrected chi connectivity index (χ3v) is 3.17. The predicted molar refractivity (Wildman–Crippen MR) is 83.7 cm³/mol. The molecule has 23 heavy (non-hydrogen) atoms. The molecular formula is C17H18N4O2. The number of hydrogen-bond acceptors (Lipinski definition) is 5. The minimum Gasteiger partial charge on any atom is -0.357 e. The van der Waals surface area contributed by atoms with Gasteiger partial charge in [-0.25, -0.2) is 4.98 Å². The van der Waals surface area contributed by atoms with Crippen molar-refractivity contribution in [3.63, 3.8) is 0 Å². The molecule has 118 valence electrons. The summed E-state index contributed by atoms with van der Waals surface area (Å²) in [6, 6.07) is 13.8. The Labute approximate surface area is 135 Å². The van der Waals surface area contributed by atoms with E-state index in [2.05, 4.69) is 4.98 Å². The minimum atomic E-state index is -0.501. The van der Waals surface area contributed by atoms with E-state index in [9.17, 15) is 0 Å². The van der Waals surface area contributed by atoms with Crippen LogP contribution in [0.3, 0.4) is 0 Å². The van der Waals surface area contributed by atoms with Crippen molar-refractivity contribution in [3.8, 4) is 23.5 Å². The van der Waals surface area contributed by atoms with Crippen molar-refractivity contribution in [3.05, 3.63) is 42.2 Å². The van der Waals surface area contributed by atoms with Gasteiger partial charge >= 0.3 is 0 Å². The van der Waals surface area contributed by atoms with E-state index in [1.807, 2.05) is 53.2 Å². The summed E-state index contributed by atoms with van der Waals surface area (Å²) in [5.41, 5.74) is 1.65. The van der Waals surface area contributed by atoms with Crippen LogP contribution in [-0.2, 0) is 22.8 Å². The van der Waals surface area contributed by atoms with Crippen LogP contribution in [0, 0.1) is 22.7 Å². The van der Waals surface area contributed by atoms with Crippen LogP contribution >= 0.6 is 0 Å². The Morgan fingerprint density at radius 2 is 1.74 bits per heavy atom. The molecule has 0 saturated carbocycles. The summed E-state index contributed by atoms with van der Waals surface area (Å²) in [6.07, 6.45) is 0.825. The third kappa shape index (κ3) is 4.65. The summed E-state index contributed by atoms with van der Waals surface area (Å²) < 4.78 is 12.7. The zero-order valence-electron chi connectivity index (χ0n) is 13.1. The Morgan fingerprint density at radius 1 is 1.09 bits per heavy atom. The van der Waals surface area contributed by atoms with Crippen molar-refractivity contribution >= 4 is 0 Å². The molecule has 2 atom stereocenters. The lowest BCUT2D eigenvalue weighted by Crippen LogP contribution is -2.10. The standard InChI is InChI=1S/C17H18N4O2/c1-13(8-18)22-11-16-10-21(12-23-14(2)9-19)17(20-16)15-6-4-3-5-7-15/h3-7,10,13-14H,11-12H2,1-2H3. The van der Waals surface area contributed by atoms with E-state index in [0.29, 0.717) is 5.69 Å². The maximum atomic E-state index is 8.83. The Bertz CT molecular complexity index is 712. The maximum Gasteiger partial charge on any atom is 0.143 e. The summed E-state index contributed by atoms with van der Waals surface area (Å²) in [5.74, 6) is 0.735. The monoisotopic (exact) mass is 310 g/mol. The van der Waals surface area contributed by atoms with Gasteiger partial charge < -0.3 is 14.0 Å². The summed E-state index contributed by atoms with van der Waals surface area (Å²) >= 11 is 0. The number of hydrogen-bond donors (Lipinski definition) is 0. The van der Waals surface area contributed by atoms with Crippen molar-refractivity contribution in [2.45, 2.75) is 39.4 Å². The molecule has 0 spiro atoms. The van der Waals surface area contributed by atoms with E-state index in [0.717, 1.165) is 11.4 Å². The van der Waals surface area contributed by atoms with Crippen LogP contribution in [0.5, 0.6) is 0 Å². The Morgan fingerprint density at radius 3 is 2.39 bits per heavy atom. The van der Waals surface area contributed by atoms with Crippen LogP contribution in [0.1, 0.15) is 19.5 Å². The highest BCUT2D eigenvalue weighted by molar-refractivity contribution is 5.55. The van der Waals surface area contributed by atoms with Gasteiger partial charge in [0.1, 0.15) is 24.8 Å². The van der Waals surface area contributed by atoms with Crippen molar-refractivity contribution in [1.29, 1.82) is 10.5 Å². The zero-order chi connectivity index (χ0) is 16.7. The number of benzene rings is 1. The van der Waals surface area contributed by atoms with Crippen molar-refractivity contribution in [2.24, 2.45) is 0 Å². The number of imidazole rings is 1. The highest BCUT2D eigenvalue weighted by Crippen LogP contribution is 2.19. The molecule has 0 aliphatic rings. The molecule has 0 saturated heterocycles. The summed E-state index contributed by atoms with van der Waals surface area (Å²) in [7, 11) is 0. The first-order valence-corrected chi connectivity index (χ1v) is 7.28. The van der Waals surface area contributed by atoms with Gasteiger partial charge in [0, 0.05) is 11.8 Å². The van der Waals surface area contributed by atoms with Gasteiger partial charge in [0.25, 0.3) is 0 Å². The molecule has 0 bridgehead atoms. The topological polar surface area (TPSA) is 83.9 Å². The Balaban J connectivity index is 2.22. The Hall–Kier alpha value is -2.67. The van der Waals surface area contributed by atoms with Crippen LogP contribution in [0.25, 0.3) is 11.4 Å². The quantitative estimate of drug-likeness (QED) is 0.785. The maximum absolute atomic E-state index is 8.83. The second kappa shape index (κ2) is 8.09. The van der Waals surface area contributed by atoms with Gasteiger partial charge in [-0.3, -0.25) is 0 Å². The molecule has 6 heteroatoms. The van der Waals surface area contributed by atoms with Crippen LogP contribution in [0.4, 0.5) is 0 Å². The molecule has 0 fully saturated rings. The molecule has 1 aromatic heterocycles. The smallest absolute Gasteiger partial charge is 0.143 e. The number of nitrogens with zero attached hydrogens (tertiary/aromatic N) is 4. The fraction of sp³-hybridized carbons (Fsp3) is 0.353. The average molecular weight is 310 g/mol. The highest BCUT2D eigenvalue weighted by Gasteiger charge is 2.12. The molecule has 0 aliphatic carbocycles. The van der Waals surface area contributed by atoms with Crippen LogP contribution in [0.2, 0.25) is 0 Å². The third-order valence-electron chi connectivity index (χ3n) is 3.17. The van der Waals surface area contributed by atoms with E-state index >= 15 is 0 Å². The van der Waals surface area contributed by atoms with Gasteiger partial charge in [0.2, 0.25) is 0 Å². The molecule has 0 aliphatic heterocycles. The molecule has 2 rings (SSSR count). The van der Waals surface area contributed by atoms with Crippen molar-refractivity contribution in [2.75, 3.05) is 0 Å². The largest absolute Gasteiger partial charge is 0.357 e. The first-order chi connectivity index (χ1) is 11.1. The fourth-order valence-electron chi connectivity index (χ4n) is 1.93. The molecule has 0 amide bonds. The fourth-order valence-corrected chi connectivity index (χ4v) is 1.93. The van der Waals surface area contributed by atoms with Crippen LogP contribution in [-0.4, -0.2) is 21.8 Å². The molecule has 1 aromatic carbocycles. The normalized spacial score (nSPS) is 13.0. The first kappa shape index (κ1) is 16.7. The van der Waals surface area contributed by atoms with E-state index < -0.39 is 12.2 Å². The first-order valence-electron chi connectivity index (χ1n) is 7.28. The number of nitriles is 2. The highest BCUT2D eigenvalue weighted by atomic mass is 16.5. The Kier molecular flexibility index (Phi) is 5.87. The molecule has 2 unspecified atom stereocenters. The number of ether oxygens (including phenoxy) is 2. The van der Waals surface area contributed by atoms with Gasteiger partial charge in [0.15, 0.2) is 0 Å². The summed E-state index contributed by atoms with van der Waals surface area (Å²) in [4.78, 5) is 4.56. The lowest BCUT2D eigenvalue weighted by atomic mass is 10.2. The molecule has 6 nitrogen and oxygen atoms in total. The average Bonchev–Trinajstić information content (AvgIpc) is 3.01. The van der Waals surface area contributed by atoms with Crippen LogP contribution in [0.15, 0.2) is 36.5 Å². The molecule has 0 N–H and O–H groups in total. The number of rotatable bonds is 7. The summed E-state index contributed by atoms with van der Waals surface area (Å²) in [6.45, 7) is 3.85. The van der Waals surface area contributed by atoms with Gasteiger partial charge in [0.05, 0.1) is 24.4 Å². The van der Waals surface area contributed by atoms with Crippen molar-refractivity contribution in [1.82, 2.24) is 9.55 Å². The van der Waals surface area contributed by atoms with Gasteiger partial charge in [-0.15, -0.1) is 0 Å². The van der Waals surface area contributed by atoms with Crippen molar-refractivity contribution < 1.29 is 9.47 Å². The molecule has 2 aromatic rings. The molecular weight excluding hydrogens is 292 g/mol. The SMILES string of the molecule is CC(C#N)OCc1cn(COC(C)C#N)c(-c2ccccc2)n1.